The van der Waals surface area contributed by atoms with E-state index in [0.29, 0.717) is 5.92 Å². The van der Waals surface area contributed by atoms with Crippen LogP contribution in [0.5, 0.6) is 0 Å². The van der Waals surface area contributed by atoms with E-state index < -0.39 is 0 Å². The molecule has 1 saturated heterocycles. The first kappa shape index (κ1) is 9.52. The van der Waals surface area contributed by atoms with Gasteiger partial charge in [-0.25, -0.2) is 0 Å². The molecule has 1 fully saturated rings. The Balaban J connectivity index is 2.09. The molecular weight excluding hydrogens is 152 g/mol. The summed E-state index contributed by atoms with van der Waals surface area (Å²) in [6.07, 6.45) is 1.13. The zero-order chi connectivity index (χ0) is 8.97. The number of carbonyl (C=O) groups excluding carboxylic acids is 1. The highest BCUT2D eigenvalue weighted by atomic mass is 16.2. The molecule has 0 spiro atoms. The second-order valence-corrected chi connectivity index (χ2v) is 3.61. The van der Waals surface area contributed by atoms with Crippen LogP contribution in [0.25, 0.3) is 0 Å². The number of carbonyl (C=O) groups is 1. The Hall–Kier alpha value is -0.570. The fourth-order valence-corrected chi connectivity index (χ4v) is 1.04. The lowest BCUT2D eigenvalue weighted by Crippen LogP contribution is -2.51. The minimum atomic E-state index is 0.217. The van der Waals surface area contributed by atoms with Gasteiger partial charge in [-0.2, -0.15) is 0 Å². The van der Waals surface area contributed by atoms with E-state index >= 15 is 0 Å². The summed E-state index contributed by atoms with van der Waals surface area (Å²) in [4.78, 5) is 11.3. The maximum Gasteiger partial charge on any atom is 0.225 e. The van der Waals surface area contributed by atoms with Gasteiger partial charge in [-0.05, 0) is 5.92 Å². The minimum Gasteiger partial charge on any atom is -0.356 e. The Morgan fingerprint density at radius 2 is 2.33 bits per heavy atom. The Morgan fingerprint density at radius 3 is 2.75 bits per heavy atom. The van der Waals surface area contributed by atoms with Gasteiger partial charge in [0, 0.05) is 19.6 Å². The lowest BCUT2D eigenvalue weighted by molar-refractivity contribution is -0.126. The van der Waals surface area contributed by atoms with Gasteiger partial charge >= 0.3 is 0 Å². The van der Waals surface area contributed by atoms with Crippen molar-refractivity contribution in [1.82, 2.24) is 10.6 Å². The fraction of sp³-hybridized carbons (Fsp3) is 0.889. The van der Waals surface area contributed by atoms with E-state index in [0.717, 1.165) is 26.1 Å². The zero-order valence-electron chi connectivity index (χ0n) is 7.89. The summed E-state index contributed by atoms with van der Waals surface area (Å²) in [6, 6.07) is 0. The van der Waals surface area contributed by atoms with Crippen molar-refractivity contribution < 1.29 is 4.79 Å². The van der Waals surface area contributed by atoms with Crippen LogP contribution in [0.4, 0.5) is 0 Å². The summed E-state index contributed by atoms with van der Waals surface area (Å²) in [5.74, 6) is 1.05. The molecule has 0 saturated carbocycles. The number of rotatable bonds is 4. The van der Waals surface area contributed by atoms with Crippen LogP contribution in [-0.4, -0.2) is 25.5 Å². The van der Waals surface area contributed by atoms with Crippen molar-refractivity contribution >= 4 is 5.91 Å². The molecule has 3 heteroatoms. The predicted molar refractivity (Wildman–Crippen MR) is 48.8 cm³/mol. The molecule has 3 nitrogen and oxygen atoms in total. The van der Waals surface area contributed by atoms with Crippen LogP contribution >= 0.6 is 0 Å². The van der Waals surface area contributed by atoms with Crippen molar-refractivity contribution in [2.45, 2.75) is 20.3 Å². The number of hydrogen-bond donors (Lipinski definition) is 2. The van der Waals surface area contributed by atoms with E-state index in [4.69, 9.17) is 0 Å². The second kappa shape index (κ2) is 4.45. The molecule has 0 aliphatic carbocycles. The van der Waals surface area contributed by atoms with Crippen molar-refractivity contribution in [3.8, 4) is 0 Å². The smallest absolute Gasteiger partial charge is 0.225 e. The van der Waals surface area contributed by atoms with Gasteiger partial charge in [0.1, 0.15) is 0 Å². The Kier molecular flexibility index (Phi) is 3.53. The normalized spacial score (nSPS) is 19.8. The van der Waals surface area contributed by atoms with Crippen LogP contribution in [0.3, 0.4) is 0 Å². The van der Waals surface area contributed by atoms with Crippen molar-refractivity contribution in [3.63, 3.8) is 0 Å². The van der Waals surface area contributed by atoms with E-state index in [1.54, 1.807) is 0 Å². The van der Waals surface area contributed by atoms with E-state index in [1.165, 1.54) is 0 Å². The first-order chi connectivity index (χ1) is 5.74. The summed E-state index contributed by atoms with van der Waals surface area (Å²) < 4.78 is 0. The average molecular weight is 170 g/mol. The lowest BCUT2D eigenvalue weighted by atomic mass is 10.0. The van der Waals surface area contributed by atoms with Gasteiger partial charge in [0.15, 0.2) is 0 Å². The van der Waals surface area contributed by atoms with Gasteiger partial charge in [0.2, 0.25) is 5.91 Å². The van der Waals surface area contributed by atoms with Crippen LogP contribution in [-0.2, 0) is 4.79 Å². The van der Waals surface area contributed by atoms with Crippen LogP contribution < -0.4 is 10.6 Å². The molecule has 1 atom stereocenters. The molecule has 0 aromatic heterocycles. The molecule has 1 aliphatic rings. The van der Waals surface area contributed by atoms with Gasteiger partial charge in [-0.15, -0.1) is 0 Å². The number of nitrogens with one attached hydrogen (secondary N) is 2. The number of hydrogen-bond acceptors (Lipinski definition) is 2. The fourth-order valence-electron chi connectivity index (χ4n) is 1.04. The third-order valence-corrected chi connectivity index (χ3v) is 2.47. The third kappa shape index (κ3) is 2.48. The monoisotopic (exact) mass is 170 g/mol. The van der Waals surface area contributed by atoms with Crippen molar-refractivity contribution in [2.24, 2.45) is 11.8 Å². The molecule has 1 heterocycles. The molecule has 0 aromatic carbocycles. The molecule has 1 aliphatic heterocycles. The van der Waals surface area contributed by atoms with E-state index in [-0.39, 0.29) is 11.8 Å². The Labute approximate surface area is 73.9 Å². The standard InChI is InChI=1S/C9H18N2O/c1-3-7(2)4-11-9(12)8-5-10-6-8/h7-8,10H,3-6H2,1-2H3,(H,11,12). The first-order valence-corrected chi connectivity index (χ1v) is 4.72. The van der Waals surface area contributed by atoms with Gasteiger partial charge in [-0.1, -0.05) is 20.3 Å². The molecule has 70 valence electrons. The summed E-state index contributed by atoms with van der Waals surface area (Å²) in [5, 5.41) is 6.04. The predicted octanol–water partition coefficient (Wildman–Crippen LogP) is 0.368. The van der Waals surface area contributed by atoms with Gasteiger partial charge in [-0.3, -0.25) is 4.79 Å². The van der Waals surface area contributed by atoms with Crippen LogP contribution in [0.2, 0.25) is 0 Å². The summed E-state index contributed by atoms with van der Waals surface area (Å²) >= 11 is 0. The Bertz CT molecular complexity index is 155. The lowest BCUT2D eigenvalue weighted by Gasteiger charge is -2.26. The maximum atomic E-state index is 11.3. The molecular formula is C9H18N2O. The summed E-state index contributed by atoms with van der Waals surface area (Å²) in [5.41, 5.74) is 0. The highest BCUT2D eigenvalue weighted by Crippen LogP contribution is 2.03. The van der Waals surface area contributed by atoms with E-state index in [9.17, 15) is 4.79 Å². The van der Waals surface area contributed by atoms with Crippen LogP contribution in [0.15, 0.2) is 0 Å². The van der Waals surface area contributed by atoms with Crippen molar-refractivity contribution in [1.29, 1.82) is 0 Å². The quantitative estimate of drug-likeness (QED) is 0.640. The SMILES string of the molecule is CCC(C)CNC(=O)C1CNC1. The van der Waals surface area contributed by atoms with E-state index in [2.05, 4.69) is 24.5 Å². The van der Waals surface area contributed by atoms with Gasteiger partial charge in [0.05, 0.1) is 5.92 Å². The number of amides is 1. The van der Waals surface area contributed by atoms with Crippen LogP contribution in [0, 0.1) is 11.8 Å². The third-order valence-electron chi connectivity index (χ3n) is 2.47. The molecule has 2 N–H and O–H groups in total. The van der Waals surface area contributed by atoms with Crippen LogP contribution in [0.1, 0.15) is 20.3 Å². The molecule has 0 radical (unpaired) electrons. The van der Waals surface area contributed by atoms with E-state index in [1.807, 2.05) is 0 Å². The zero-order valence-corrected chi connectivity index (χ0v) is 7.89. The summed E-state index contributed by atoms with van der Waals surface area (Å²) in [6.45, 7) is 6.82. The molecule has 1 amide bonds. The van der Waals surface area contributed by atoms with Gasteiger partial charge in [0.25, 0.3) is 0 Å². The molecule has 0 aromatic rings. The molecule has 1 rings (SSSR count). The second-order valence-electron chi connectivity index (χ2n) is 3.61. The minimum absolute atomic E-state index is 0.217. The van der Waals surface area contributed by atoms with Gasteiger partial charge < -0.3 is 10.6 Å². The highest BCUT2D eigenvalue weighted by molar-refractivity contribution is 5.79. The topological polar surface area (TPSA) is 41.1 Å². The van der Waals surface area contributed by atoms with Crippen molar-refractivity contribution in [2.75, 3.05) is 19.6 Å². The largest absolute Gasteiger partial charge is 0.356 e. The molecule has 0 bridgehead atoms. The average Bonchev–Trinajstić information content (AvgIpc) is 1.97. The van der Waals surface area contributed by atoms with Crippen molar-refractivity contribution in [3.05, 3.63) is 0 Å². The summed E-state index contributed by atoms with van der Waals surface area (Å²) in [7, 11) is 0. The molecule has 12 heavy (non-hydrogen) atoms. The Morgan fingerprint density at radius 1 is 1.67 bits per heavy atom. The molecule has 1 unspecified atom stereocenters. The highest BCUT2D eigenvalue weighted by Gasteiger charge is 2.24. The first-order valence-electron chi connectivity index (χ1n) is 4.72. The maximum absolute atomic E-state index is 11.3.